The fourth-order valence-corrected chi connectivity index (χ4v) is 1.68. The standard InChI is InChI=1S/C15H21NO3/c1-15(2,3)19-14(18)16-13(9-10-17)11-12-7-5-4-6-8-12/h4-8,10,13H,9,11H2,1-3H3,(H,16,18). The molecule has 1 N–H and O–H groups in total. The van der Waals surface area contributed by atoms with Crippen molar-refractivity contribution in [3.05, 3.63) is 35.9 Å². The van der Waals surface area contributed by atoms with Gasteiger partial charge in [-0.2, -0.15) is 0 Å². The number of alkyl carbamates (subject to hydrolysis) is 1. The average Bonchev–Trinajstić information content (AvgIpc) is 2.27. The lowest BCUT2D eigenvalue weighted by atomic mass is 10.0. The number of hydrogen-bond acceptors (Lipinski definition) is 3. The highest BCUT2D eigenvalue weighted by Gasteiger charge is 2.19. The van der Waals surface area contributed by atoms with Crippen LogP contribution in [0.1, 0.15) is 32.8 Å². The maximum Gasteiger partial charge on any atom is 0.407 e. The van der Waals surface area contributed by atoms with Gasteiger partial charge in [-0.3, -0.25) is 0 Å². The minimum atomic E-state index is -0.539. The van der Waals surface area contributed by atoms with Crippen LogP contribution < -0.4 is 5.32 Å². The Morgan fingerprint density at radius 1 is 1.32 bits per heavy atom. The van der Waals surface area contributed by atoms with E-state index in [9.17, 15) is 9.59 Å². The first kappa shape index (κ1) is 15.2. The van der Waals surface area contributed by atoms with Crippen molar-refractivity contribution in [3.8, 4) is 0 Å². The summed E-state index contributed by atoms with van der Waals surface area (Å²) in [4.78, 5) is 22.4. The Kier molecular flexibility index (Phi) is 5.55. The predicted octanol–water partition coefficient (Wildman–Crippen LogP) is 2.71. The molecule has 0 aliphatic carbocycles. The van der Waals surface area contributed by atoms with Gasteiger partial charge < -0.3 is 14.8 Å². The van der Waals surface area contributed by atoms with E-state index >= 15 is 0 Å². The second kappa shape index (κ2) is 6.92. The van der Waals surface area contributed by atoms with Crippen LogP contribution in [-0.2, 0) is 16.0 Å². The lowest BCUT2D eigenvalue weighted by Gasteiger charge is -2.22. The summed E-state index contributed by atoms with van der Waals surface area (Å²) in [5, 5.41) is 2.73. The van der Waals surface area contributed by atoms with Gasteiger partial charge in [0.25, 0.3) is 0 Å². The fraction of sp³-hybridized carbons (Fsp3) is 0.467. The van der Waals surface area contributed by atoms with Crippen LogP contribution >= 0.6 is 0 Å². The van der Waals surface area contributed by atoms with Gasteiger partial charge >= 0.3 is 6.09 Å². The Bertz CT molecular complexity index is 409. The van der Waals surface area contributed by atoms with Crippen LogP contribution in [0.25, 0.3) is 0 Å². The summed E-state index contributed by atoms with van der Waals surface area (Å²) >= 11 is 0. The number of amides is 1. The van der Waals surface area contributed by atoms with E-state index in [4.69, 9.17) is 4.74 Å². The zero-order valence-corrected chi connectivity index (χ0v) is 11.7. The molecule has 0 aromatic heterocycles. The van der Waals surface area contributed by atoms with E-state index in [1.807, 2.05) is 30.3 Å². The van der Waals surface area contributed by atoms with Crippen LogP contribution in [0.3, 0.4) is 0 Å². The zero-order valence-electron chi connectivity index (χ0n) is 11.7. The molecule has 0 spiro atoms. The van der Waals surface area contributed by atoms with Gasteiger partial charge in [-0.15, -0.1) is 0 Å². The molecule has 1 aromatic carbocycles. The van der Waals surface area contributed by atoms with Gasteiger partial charge in [0.2, 0.25) is 0 Å². The molecule has 0 heterocycles. The van der Waals surface area contributed by atoms with Crippen LogP contribution in [0.4, 0.5) is 4.79 Å². The van der Waals surface area contributed by atoms with Crippen LogP contribution in [0.2, 0.25) is 0 Å². The number of nitrogens with one attached hydrogen (secondary N) is 1. The third-order valence-corrected chi connectivity index (χ3v) is 2.43. The predicted molar refractivity (Wildman–Crippen MR) is 74.0 cm³/mol. The second-order valence-electron chi connectivity index (χ2n) is 5.44. The van der Waals surface area contributed by atoms with Crippen molar-refractivity contribution in [2.24, 2.45) is 0 Å². The molecule has 0 fully saturated rings. The number of rotatable bonds is 5. The monoisotopic (exact) mass is 263 g/mol. The Balaban J connectivity index is 2.58. The van der Waals surface area contributed by atoms with Gasteiger partial charge in [-0.05, 0) is 32.8 Å². The molecule has 1 unspecified atom stereocenters. The van der Waals surface area contributed by atoms with Crippen molar-refractivity contribution < 1.29 is 14.3 Å². The first-order chi connectivity index (χ1) is 8.90. The zero-order chi connectivity index (χ0) is 14.3. The topological polar surface area (TPSA) is 55.4 Å². The van der Waals surface area contributed by atoms with Crippen molar-refractivity contribution in [3.63, 3.8) is 0 Å². The third-order valence-electron chi connectivity index (χ3n) is 2.43. The second-order valence-corrected chi connectivity index (χ2v) is 5.44. The molecule has 0 radical (unpaired) electrons. The molecule has 19 heavy (non-hydrogen) atoms. The molecule has 0 saturated carbocycles. The van der Waals surface area contributed by atoms with Crippen molar-refractivity contribution in [2.75, 3.05) is 0 Å². The Labute approximate surface area is 114 Å². The number of ether oxygens (including phenoxy) is 1. The van der Waals surface area contributed by atoms with Gasteiger partial charge in [0, 0.05) is 12.5 Å². The van der Waals surface area contributed by atoms with E-state index in [0.717, 1.165) is 11.8 Å². The first-order valence-corrected chi connectivity index (χ1v) is 6.38. The summed E-state index contributed by atoms with van der Waals surface area (Å²) in [6.07, 6.45) is 1.20. The maximum atomic E-state index is 11.7. The quantitative estimate of drug-likeness (QED) is 0.831. The smallest absolute Gasteiger partial charge is 0.407 e. The van der Waals surface area contributed by atoms with Gasteiger partial charge in [-0.1, -0.05) is 30.3 Å². The van der Waals surface area contributed by atoms with Crippen molar-refractivity contribution >= 4 is 12.4 Å². The molecule has 0 aliphatic rings. The van der Waals surface area contributed by atoms with Gasteiger partial charge in [0.15, 0.2) is 0 Å². The van der Waals surface area contributed by atoms with Crippen molar-refractivity contribution in [1.82, 2.24) is 5.32 Å². The Morgan fingerprint density at radius 3 is 2.47 bits per heavy atom. The molecule has 1 rings (SSSR count). The minimum absolute atomic E-state index is 0.241. The molecule has 0 saturated heterocycles. The maximum absolute atomic E-state index is 11.7. The van der Waals surface area contributed by atoms with Crippen LogP contribution in [0.5, 0.6) is 0 Å². The fourth-order valence-electron chi connectivity index (χ4n) is 1.68. The molecule has 4 nitrogen and oxygen atoms in total. The van der Waals surface area contributed by atoms with Gasteiger partial charge in [-0.25, -0.2) is 4.79 Å². The highest BCUT2D eigenvalue weighted by atomic mass is 16.6. The van der Waals surface area contributed by atoms with E-state index in [1.54, 1.807) is 20.8 Å². The minimum Gasteiger partial charge on any atom is -0.444 e. The van der Waals surface area contributed by atoms with Crippen LogP contribution in [0.15, 0.2) is 30.3 Å². The van der Waals surface area contributed by atoms with E-state index in [1.165, 1.54) is 0 Å². The van der Waals surface area contributed by atoms with E-state index < -0.39 is 11.7 Å². The van der Waals surface area contributed by atoms with Crippen LogP contribution in [-0.4, -0.2) is 24.0 Å². The lowest BCUT2D eigenvalue weighted by molar-refractivity contribution is -0.108. The van der Waals surface area contributed by atoms with Gasteiger partial charge in [0.1, 0.15) is 11.9 Å². The molecule has 0 bridgehead atoms. The summed E-state index contributed by atoms with van der Waals surface area (Å²) in [5.74, 6) is 0. The molecule has 1 aromatic rings. The van der Waals surface area contributed by atoms with Gasteiger partial charge in [0.05, 0.1) is 0 Å². The van der Waals surface area contributed by atoms with E-state index in [0.29, 0.717) is 6.42 Å². The highest BCUT2D eigenvalue weighted by molar-refractivity contribution is 5.68. The molecule has 104 valence electrons. The molecule has 0 aliphatic heterocycles. The van der Waals surface area contributed by atoms with E-state index in [2.05, 4.69) is 5.32 Å². The van der Waals surface area contributed by atoms with E-state index in [-0.39, 0.29) is 12.5 Å². The molecule has 1 atom stereocenters. The first-order valence-electron chi connectivity index (χ1n) is 6.38. The number of carbonyl (C=O) groups excluding carboxylic acids is 2. The Hall–Kier alpha value is -1.84. The van der Waals surface area contributed by atoms with Crippen LogP contribution in [0, 0.1) is 0 Å². The molecular weight excluding hydrogens is 242 g/mol. The number of benzene rings is 1. The molecule has 4 heteroatoms. The van der Waals surface area contributed by atoms with Crippen molar-refractivity contribution in [1.29, 1.82) is 0 Å². The summed E-state index contributed by atoms with van der Waals surface area (Å²) < 4.78 is 5.19. The van der Waals surface area contributed by atoms with Crippen molar-refractivity contribution in [2.45, 2.75) is 45.3 Å². The summed E-state index contributed by atoms with van der Waals surface area (Å²) in [6, 6.07) is 9.49. The summed E-state index contributed by atoms with van der Waals surface area (Å²) in [6.45, 7) is 5.41. The normalized spacial score (nSPS) is 12.6. The number of aldehydes is 1. The molecular formula is C15H21NO3. The number of carbonyl (C=O) groups is 2. The third kappa shape index (κ3) is 6.60. The SMILES string of the molecule is CC(C)(C)OC(=O)NC(CC=O)Cc1ccccc1. The Morgan fingerprint density at radius 2 is 1.95 bits per heavy atom. The highest BCUT2D eigenvalue weighted by Crippen LogP contribution is 2.09. The number of hydrogen-bond donors (Lipinski definition) is 1. The lowest BCUT2D eigenvalue weighted by Crippen LogP contribution is -2.40. The molecule has 1 amide bonds. The summed E-state index contributed by atoms with van der Waals surface area (Å²) in [5.41, 5.74) is 0.535. The summed E-state index contributed by atoms with van der Waals surface area (Å²) in [7, 11) is 0. The largest absolute Gasteiger partial charge is 0.444 e. The average molecular weight is 263 g/mol.